The average Bonchev–Trinajstić information content (AvgIpc) is 1.88. The Labute approximate surface area is 70.1 Å². The zero-order valence-electron chi connectivity index (χ0n) is 7.88. The standard InChI is InChI=1S/C10H20O/c1-5-7-10(11)9(6-2)8(3)4/h5,8-11H,1,6-7H2,2-4H3/t9-,10?/m1/s1. The third-order valence-electron chi connectivity index (χ3n) is 2.23. The maximum Gasteiger partial charge on any atom is 0.0605 e. The lowest BCUT2D eigenvalue weighted by Gasteiger charge is -2.23. The van der Waals surface area contributed by atoms with E-state index in [1.165, 1.54) is 0 Å². The van der Waals surface area contributed by atoms with Crippen molar-refractivity contribution in [1.82, 2.24) is 0 Å². The van der Waals surface area contributed by atoms with E-state index >= 15 is 0 Å². The summed E-state index contributed by atoms with van der Waals surface area (Å²) in [6, 6.07) is 0. The predicted molar refractivity (Wildman–Crippen MR) is 49.4 cm³/mol. The van der Waals surface area contributed by atoms with Crippen LogP contribution in [0.2, 0.25) is 0 Å². The fourth-order valence-electron chi connectivity index (χ4n) is 1.53. The minimum atomic E-state index is -0.197. The summed E-state index contributed by atoms with van der Waals surface area (Å²) in [6.45, 7) is 10.0. The van der Waals surface area contributed by atoms with Crippen LogP contribution in [0.1, 0.15) is 33.6 Å². The summed E-state index contributed by atoms with van der Waals surface area (Å²) < 4.78 is 0. The minimum absolute atomic E-state index is 0.197. The van der Waals surface area contributed by atoms with Crippen LogP contribution in [0.5, 0.6) is 0 Å². The molecule has 0 aliphatic rings. The van der Waals surface area contributed by atoms with Crippen LogP contribution in [0.4, 0.5) is 0 Å². The molecule has 0 fully saturated rings. The van der Waals surface area contributed by atoms with E-state index < -0.39 is 0 Å². The molecule has 11 heavy (non-hydrogen) atoms. The summed E-state index contributed by atoms with van der Waals surface area (Å²) >= 11 is 0. The second-order valence-corrected chi connectivity index (χ2v) is 3.41. The normalized spacial score (nSPS) is 16.5. The number of hydrogen-bond acceptors (Lipinski definition) is 1. The van der Waals surface area contributed by atoms with Gasteiger partial charge in [0, 0.05) is 0 Å². The van der Waals surface area contributed by atoms with Gasteiger partial charge < -0.3 is 5.11 Å². The fraction of sp³-hybridized carbons (Fsp3) is 0.800. The van der Waals surface area contributed by atoms with Gasteiger partial charge in [0.25, 0.3) is 0 Å². The molecule has 0 bridgehead atoms. The van der Waals surface area contributed by atoms with E-state index in [0.717, 1.165) is 12.8 Å². The smallest absolute Gasteiger partial charge is 0.0605 e. The Morgan fingerprint density at radius 2 is 2.00 bits per heavy atom. The van der Waals surface area contributed by atoms with Gasteiger partial charge in [-0.3, -0.25) is 0 Å². The van der Waals surface area contributed by atoms with Crippen molar-refractivity contribution in [3.63, 3.8) is 0 Å². The third kappa shape index (κ3) is 3.57. The number of hydrogen-bond donors (Lipinski definition) is 1. The number of rotatable bonds is 5. The first kappa shape index (κ1) is 10.7. The molecule has 1 heteroatoms. The Morgan fingerprint density at radius 1 is 1.45 bits per heavy atom. The van der Waals surface area contributed by atoms with Gasteiger partial charge in [-0.05, 0) is 18.3 Å². The molecule has 0 aromatic heterocycles. The van der Waals surface area contributed by atoms with Crippen molar-refractivity contribution in [1.29, 1.82) is 0 Å². The maximum atomic E-state index is 9.61. The molecule has 0 aliphatic carbocycles. The number of aliphatic hydroxyl groups is 1. The van der Waals surface area contributed by atoms with Crippen molar-refractivity contribution >= 4 is 0 Å². The van der Waals surface area contributed by atoms with Crippen LogP contribution >= 0.6 is 0 Å². The van der Waals surface area contributed by atoms with E-state index in [0.29, 0.717) is 11.8 Å². The first-order chi connectivity index (χ1) is 5.13. The van der Waals surface area contributed by atoms with Gasteiger partial charge in [0.2, 0.25) is 0 Å². The van der Waals surface area contributed by atoms with Crippen LogP contribution < -0.4 is 0 Å². The molecule has 0 radical (unpaired) electrons. The zero-order valence-corrected chi connectivity index (χ0v) is 7.88. The first-order valence-electron chi connectivity index (χ1n) is 4.42. The summed E-state index contributed by atoms with van der Waals surface area (Å²) in [6.07, 6.45) is 3.36. The summed E-state index contributed by atoms with van der Waals surface area (Å²) in [5.74, 6) is 0.989. The highest BCUT2D eigenvalue weighted by molar-refractivity contribution is 4.78. The monoisotopic (exact) mass is 156 g/mol. The summed E-state index contributed by atoms with van der Waals surface area (Å²) in [5.41, 5.74) is 0. The molecule has 0 saturated heterocycles. The lowest BCUT2D eigenvalue weighted by molar-refractivity contribution is 0.0815. The molecule has 0 rings (SSSR count). The van der Waals surface area contributed by atoms with Gasteiger partial charge in [0.05, 0.1) is 6.10 Å². The Bertz CT molecular complexity index is 107. The van der Waals surface area contributed by atoms with Crippen LogP contribution in [0.15, 0.2) is 12.7 Å². The van der Waals surface area contributed by atoms with Crippen LogP contribution in [-0.2, 0) is 0 Å². The predicted octanol–water partition coefficient (Wildman–Crippen LogP) is 2.61. The van der Waals surface area contributed by atoms with Crippen molar-refractivity contribution < 1.29 is 5.11 Å². The summed E-state index contributed by atoms with van der Waals surface area (Å²) in [5, 5.41) is 9.61. The third-order valence-corrected chi connectivity index (χ3v) is 2.23. The molecule has 66 valence electrons. The minimum Gasteiger partial charge on any atom is -0.393 e. The van der Waals surface area contributed by atoms with Crippen molar-refractivity contribution in [3.05, 3.63) is 12.7 Å². The molecule has 1 N–H and O–H groups in total. The highest BCUT2D eigenvalue weighted by atomic mass is 16.3. The molecule has 0 spiro atoms. The van der Waals surface area contributed by atoms with Gasteiger partial charge in [0.15, 0.2) is 0 Å². The quantitative estimate of drug-likeness (QED) is 0.607. The van der Waals surface area contributed by atoms with Crippen LogP contribution in [-0.4, -0.2) is 11.2 Å². The van der Waals surface area contributed by atoms with Gasteiger partial charge in [-0.15, -0.1) is 6.58 Å². The highest BCUT2D eigenvalue weighted by Gasteiger charge is 2.18. The fourth-order valence-corrected chi connectivity index (χ4v) is 1.53. The first-order valence-corrected chi connectivity index (χ1v) is 4.42. The Balaban J connectivity index is 3.90. The Morgan fingerprint density at radius 3 is 2.27 bits per heavy atom. The molecule has 1 nitrogen and oxygen atoms in total. The molecule has 0 saturated carbocycles. The van der Waals surface area contributed by atoms with Gasteiger partial charge in [-0.1, -0.05) is 33.3 Å². The van der Waals surface area contributed by atoms with E-state index in [1.54, 1.807) is 6.08 Å². The van der Waals surface area contributed by atoms with Crippen LogP contribution in [0.25, 0.3) is 0 Å². The van der Waals surface area contributed by atoms with Crippen LogP contribution in [0.3, 0.4) is 0 Å². The van der Waals surface area contributed by atoms with E-state index in [1.807, 2.05) is 0 Å². The molecule has 0 heterocycles. The van der Waals surface area contributed by atoms with E-state index in [9.17, 15) is 5.11 Å². The van der Waals surface area contributed by atoms with Gasteiger partial charge in [0.1, 0.15) is 0 Å². The van der Waals surface area contributed by atoms with Crippen molar-refractivity contribution in [2.45, 2.75) is 39.7 Å². The highest BCUT2D eigenvalue weighted by Crippen LogP contribution is 2.21. The molecule has 0 aliphatic heterocycles. The molecule has 1 unspecified atom stereocenters. The second kappa shape index (κ2) is 5.36. The van der Waals surface area contributed by atoms with Gasteiger partial charge in [-0.25, -0.2) is 0 Å². The van der Waals surface area contributed by atoms with E-state index in [-0.39, 0.29) is 6.10 Å². The number of aliphatic hydroxyl groups excluding tert-OH is 1. The molecule has 0 aromatic rings. The lowest BCUT2D eigenvalue weighted by Crippen LogP contribution is -2.23. The van der Waals surface area contributed by atoms with Crippen molar-refractivity contribution in [2.75, 3.05) is 0 Å². The molecule has 0 amide bonds. The van der Waals surface area contributed by atoms with E-state index in [4.69, 9.17) is 0 Å². The van der Waals surface area contributed by atoms with Gasteiger partial charge in [-0.2, -0.15) is 0 Å². The second-order valence-electron chi connectivity index (χ2n) is 3.41. The Hall–Kier alpha value is -0.300. The van der Waals surface area contributed by atoms with Crippen molar-refractivity contribution in [2.24, 2.45) is 11.8 Å². The largest absolute Gasteiger partial charge is 0.393 e. The molecular weight excluding hydrogens is 136 g/mol. The zero-order chi connectivity index (χ0) is 8.85. The Kier molecular flexibility index (Phi) is 5.22. The summed E-state index contributed by atoms with van der Waals surface area (Å²) in [4.78, 5) is 0. The molecule has 0 aromatic carbocycles. The maximum absolute atomic E-state index is 9.61. The summed E-state index contributed by atoms with van der Waals surface area (Å²) in [7, 11) is 0. The van der Waals surface area contributed by atoms with Crippen molar-refractivity contribution in [3.8, 4) is 0 Å². The lowest BCUT2D eigenvalue weighted by atomic mass is 9.86. The molecule has 2 atom stereocenters. The van der Waals surface area contributed by atoms with Gasteiger partial charge >= 0.3 is 0 Å². The molecular formula is C10H20O. The van der Waals surface area contributed by atoms with Crippen LogP contribution in [0, 0.1) is 11.8 Å². The SMILES string of the molecule is C=CCC(O)[C@H](CC)C(C)C. The average molecular weight is 156 g/mol. The van der Waals surface area contributed by atoms with E-state index in [2.05, 4.69) is 27.4 Å². The topological polar surface area (TPSA) is 20.2 Å².